The molecular formula is C20H27FN4O3S. The fraction of sp³-hybridized carbons (Fsp3) is 0.600. The third kappa shape index (κ3) is 4.25. The molecule has 1 aliphatic heterocycles. The SMILES string of the molecule is COc1ccc(N2CCOCC2)c2sc(NC(=O)N(C)[C@H]3CC[C@@H](F)CC3)nc12. The van der Waals surface area contributed by atoms with Crippen LogP contribution in [0.1, 0.15) is 25.7 Å². The van der Waals surface area contributed by atoms with Crippen LogP contribution >= 0.6 is 11.3 Å². The lowest BCUT2D eigenvalue weighted by Crippen LogP contribution is -2.42. The summed E-state index contributed by atoms with van der Waals surface area (Å²) < 4.78 is 25.3. The topological polar surface area (TPSA) is 66.9 Å². The van der Waals surface area contributed by atoms with Crippen LogP contribution in [0.5, 0.6) is 5.75 Å². The summed E-state index contributed by atoms with van der Waals surface area (Å²) in [5.74, 6) is 0.684. The van der Waals surface area contributed by atoms with Gasteiger partial charge in [-0.2, -0.15) is 0 Å². The van der Waals surface area contributed by atoms with Crippen molar-refractivity contribution in [2.24, 2.45) is 0 Å². The first-order valence-electron chi connectivity index (χ1n) is 10.0. The number of amides is 2. The van der Waals surface area contributed by atoms with Gasteiger partial charge in [-0.15, -0.1) is 0 Å². The Labute approximate surface area is 173 Å². The van der Waals surface area contributed by atoms with Crippen molar-refractivity contribution in [1.29, 1.82) is 0 Å². The molecule has 158 valence electrons. The average molecular weight is 423 g/mol. The van der Waals surface area contributed by atoms with E-state index in [2.05, 4.69) is 15.2 Å². The van der Waals surface area contributed by atoms with Gasteiger partial charge in [0.1, 0.15) is 17.4 Å². The lowest BCUT2D eigenvalue weighted by molar-refractivity contribution is 0.123. The van der Waals surface area contributed by atoms with E-state index in [0.717, 1.165) is 29.0 Å². The second-order valence-electron chi connectivity index (χ2n) is 7.53. The van der Waals surface area contributed by atoms with E-state index in [9.17, 15) is 9.18 Å². The van der Waals surface area contributed by atoms with Gasteiger partial charge >= 0.3 is 6.03 Å². The van der Waals surface area contributed by atoms with Gasteiger partial charge in [-0.25, -0.2) is 14.2 Å². The third-order valence-corrected chi connectivity index (χ3v) is 6.76. The third-order valence-electron chi connectivity index (χ3n) is 5.77. The summed E-state index contributed by atoms with van der Waals surface area (Å²) in [5.41, 5.74) is 1.83. The number of hydrogen-bond acceptors (Lipinski definition) is 6. The van der Waals surface area contributed by atoms with Crippen LogP contribution < -0.4 is 15.0 Å². The quantitative estimate of drug-likeness (QED) is 0.810. The number of methoxy groups -OCH3 is 1. The van der Waals surface area contributed by atoms with Crippen LogP contribution in [0.4, 0.5) is 20.0 Å². The maximum atomic E-state index is 13.4. The Morgan fingerprint density at radius 1 is 1.31 bits per heavy atom. The van der Waals surface area contributed by atoms with E-state index in [4.69, 9.17) is 9.47 Å². The highest BCUT2D eigenvalue weighted by Gasteiger charge is 2.27. The molecule has 4 rings (SSSR count). The van der Waals surface area contributed by atoms with Crippen molar-refractivity contribution in [2.75, 3.05) is 50.7 Å². The number of halogens is 1. The zero-order chi connectivity index (χ0) is 20.4. The zero-order valence-corrected chi connectivity index (χ0v) is 17.6. The van der Waals surface area contributed by atoms with Gasteiger partial charge in [0.25, 0.3) is 0 Å². The Bertz CT molecular complexity index is 863. The summed E-state index contributed by atoms with van der Waals surface area (Å²) in [5, 5.41) is 3.46. The fourth-order valence-electron chi connectivity index (χ4n) is 4.01. The van der Waals surface area contributed by atoms with Crippen molar-refractivity contribution >= 4 is 38.4 Å². The van der Waals surface area contributed by atoms with Gasteiger partial charge in [-0.1, -0.05) is 11.3 Å². The molecule has 2 aromatic rings. The minimum atomic E-state index is -0.738. The highest BCUT2D eigenvalue weighted by Crippen LogP contribution is 2.39. The normalized spacial score (nSPS) is 22.5. The molecule has 0 spiro atoms. The fourth-order valence-corrected chi connectivity index (χ4v) is 5.02. The first-order chi connectivity index (χ1) is 14.1. The first-order valence-corrected chi connectivity index (χ1v) is 10.9. The van der Waals surface area contributed by atoms with Gasteiger partial charge in [0.05, 0.1) is 30.7 Å². The molecule has 29 heavy (non-hydrogen) atoms. The van der Waals surface area contributed by atoms with Crippen LogP contribution in [0.15, 0.2) is 12.1 Å². The number of carbonyl (C=O) groups is 1. The van der Waals surface area contributed by atoms with Gasteiger partial charge in [0.15, 0.2) is 5.13 Å². The molecule has 1 aromatic carbocycles. The number of fused-ring (bicyclic) bond motifs is 1. The summed E-state index contributed by atoms with van der Waals surface area (Å²) in [6.07, 6.45) is 1.69. The summed E-state index contributed by atoms with van der Waals surface area (Å²) in [4.78, 5) is 21.3. The Morgan fingerprint density at radius 2 is 2.03 bits per heavy atom. The number of benzene rings is 1. The number of nitrogens with one attached hydrogen (secondary N) is 1. The summed E-state index contributed by atoms with van der Waals surface area (Å²) in [7, 11) is 3.39. The Kier molecular flexibility index (Phi) is 6.05. The van der Waals surface area contributed by atoms with Crippen LogP contribution in [0.25, 0.3) is 10.2 Å². The molecule has 1 aromatic heterocycles. The van der Waals surface area contributed by atoms with Crippen molar-refractivity contribution in [3.63, 3.8) is 0 Å². The number of rotatable bonds is 4. The van der Waals surface area contributed by atoms with E-state index in [0.29, 0.717) is 49.8 Å². The van der Waals surface area contributed by atoms with Gasteiger partial charge in [0.2, 0.25) is 0 Å². The van der Waals surface area contributed by atoms with Gasteiger partial charge in [0, 0.05) is 26.2 Å². The van der Waals surface area contributed by atoms with Gasteiger partial charge < -0.3 is 19.3 Å². The molecule has 1 N–H and O–H groups in total. The van der Waals surface area contributed by atoms with E-state index in [1.807, 2.05) is 12.1 Å². The van der Waals surface area contributed by atoms with Crippen LogP contribution in [-0.2, 0) is 4.74 Å². The second kappa shape index (κ2) is 8.71. The summed E-state index contributed by atoms with van der Waals surface area (Å²) >= 11 is 1.45. The lowest BCUT2D eigenvalue weighted by Gasteiger charge is -2.32. The Hall–Kier alpha value is -2.13. The number of carbonyl (C=O) groups excluding carboxylic acids is 1. The van der Waals surface area contributed by atoms with Gasteiger partial charge in [-0.05, 0) is 37.8 Å². The molecule has 1 saturated heterocycles. The molecule has 0 radical (unpaired) electrons. The van der Waals surface area contributed by atoms with Crippen LogP contribution in [0.2, 0.25) is 0 Å². The van der Waals surface area contributed by atoms with Crippen molar-refractivity contribution in [1.82, 2.24) is 9.88 Å². The van der Waals surface area contributed by atoms with Gasteiger partial charge in [-0.3, -0.25) is 5.32 Å². The molecule has 1 saturated carbocycles. The predicted octanol–water partition coefficient (Wildman–Crippen LogP) is 3.89. The van der Waals surface area contributed by atoms with E-state index < -0.39 is 6.17 Å². The van der Waals surface area contributed by atoms with E-state index in [1.54, 1.807) is 19.1 Å². The molecule has 0 unspecified atom stereocenters. The van der Waals surface area contributed by atoms with Crippen molar-refractivity contribution in [3.05, 3.63) is 12.1 Å². The minimum Gasteiger partial charge on any atom is -0.494 e. The first kappa shape index (κ1) is 20.2. The number of urea groups is 1. The molecule has 2 heterocycles. The monoisotopic (exact) mass is 422 g/mol. The van der Waals surface area contributed by atoms with E-state index in [-0.39, 0.29) is 12.1 Å². The number of aromatic nitrogens is 1. The van der Waals surface area contributed by atoms with Crippen LogP contribution in [-0.4, -0.2) is 68.6 Å². The predicted molar refractivity (Wildman–Crippen MR) is 113 cm³/mol. The molecule has 0 atom stereocenters. The summed E-state index contributed by atoms with van der Waals surface area (Å²) in [6, 6.07) is 3.81. The molecule has 2 aliphatic rings. The molecule has 9 heteroatoms. The Balaban J connectivity index is 1.55. The number of hydrogen-bond donors (Lipinski definition) is 1. The maximum Gasteiger partial charge on any atom is 0.323 e. The summed E-state index contributed by atoms with van der Waals surface area (Å²) in [6.45, 7) is 3.03. The number of morpholine rings is 1. The van der Waals surface area contributed by atoms with Crippen molar-refractivity contribution in [2.45, 2.75) is 37.9 Å². The van der Waals surface area contributed by atoms with Crippen LogP contribution in [0, 0.1) is 0 Å². The molecular weight excluding hydrogens is 395 g/mol. The molecule has 7 nitrogen and oxygen atoms in total. The maximum absolute atomic E-state index is 13.4. The van der Waals surface area contributed by atoms with Crippen molar-refractivity contribution in [3.8, 4) is 5.75 Å². The largest absolute Gasteiger partial charge is 0.494 e. The average Bonchev–Trinajstić information content (AvgIpc) is 3.17. The zero-order valence-electron chi connectivity index (χ0n) is 16.8. The second-order valence-corrected chi connectivity index (χ2v) is 8.53. The minimum absolute atomic E-state index is 0.0647. The standard InChI is InChI=1S/C20H27FN4O3S/c1-24(14-5-3-13(21)4-6-14)20(26)23-19-22-17-16(27-2)8-7-15(18(17)29-19)25-9-11-28-12-10-25/h7-8,13-14H,3-6,9-12H2,1-2H3,(H,22,23,26)/t13-,14+. The molecule has 0 bridgehead atoms. The number of alkyl halides is 1. The van der Waals surface area contributed by atoms with E-state index in [1.165, 1.54) is 11.3 Å². The van der Waals surface area contributed by atoms with Crippen LogP contribution in [0.3, 0.4) is 0 Å². The highest BCUT2D eigenvalue weighted by molar-refractivity contribution is 7.23. The number of nitrogens with zero attached hydrogens (tertiary/aromatic N) is 3. The number of anilines is 2. The molecule has 2 fully saturated rings. The molecule has 2 amide bonds. The lowest BCUT2D eigenvalue weighted by atomic mass is 9.93. The Morgan fingerprint density at radius 3 is 2.72 bits per heavy atom. The smallest absolute Gasteiger partial charge is 0.323 e. The van der Waals surface area contributed by atoms with Crippen molar-refractivity contribution < 1.29 is 18.7 Å². The highest BCUT2D eigenvalue weighted by atomic mass is 32.1. The number of thiazole rings is 1. The van der Waals surface area contributed by atoms with E-state index >= 15 is 0 Å². The molecule has 1 aliphatic carbocycles. The number of ether oxygens (including phenoxy) is 2.